The number of nitrogens with zero attached hydrogens (tertiary/aromatic N) is 2. The van der Waals surface area contributed by atoms with Gasteiger partial charge in [0.2, 0.25) is 5.91 Å². The third-order valence-corrected chi connectivity index (χ3v) is 8.89. The lowest BCUT2D eigenvalue weighted by Gasteiger charge is -2.43. The lowest BCUT2D eigenvalue weighted by molar-refractivity contribution is -0.115. The van der Waals surface area contributed by atoms with Gasteiger partial charge >= 0.3 is 0 Å². The van der Waals surface area contributed by atoms with Gasteiger partial charge in [0.1, 0.15) is 9.57 Å². The van der Waals surface area contributed by atoms with Crippen LogP contribution in [0.1, 0.15) is 40.0 Å². The van der Waals surface area contributed by atoms with Crippen molar-refractivity contribution in [1.29, 1.82) is 0 Å². The number of likely N-dealkylation sites (tertiary alicyclic amines) is 1. The number of aryl methyl sites for hydroxylation is 1. The minimum atomic E-state index is -0.458. The smallest absolute Gasteiger partial charge is 0.250 e. The largest absolute Gasteiger partial charge is 0.356 e. The number of carbonyl (C=O) groups is 1. The molecule has 1 amide bonds. The van der Waals surface area contributed by atoms with Crippen LogP contribution in [-0.4, -0.2) is 32.8 Å². The second-order valence-electron chi connectivity index (χ2n) is 9.51. The summed E-state index contributed by atoms with van der Waals surface area (Å²) < 4.78 is 2.66. The number of aromatic nitrogens is 1. The second-order valence-corrected chi connectivity index (χ2v) is 11.3. The van der Waals surface area contributed by atoms with Crippen LogP contribution >= 0.6 is 24.0 Å². The number of fused-ring (bicyclic) bond motifs is 4. The Balaban J connectivity index is 1.36. The molecule has 5 nitrogen and oxygen atoms in total. The molecule has 7 heteroatoms. The fourth-order valence-corrected chi connectivity index (χ4v) is 6.60. The van der Waals surface area contributed by atoms with Crippen LogP contribution < -0.4 is 10.9 Å². The third-order valence-electron chi connectivity index (χ3n) is 7.16. The van der Waals surface area contributed by atoms with E-state index in [1.54, 1.807) is 6.07 Å². The van der Waals surface area contributed by atoms with Crippen molar-refractivity contribution in [3.05, 3.63) is 99.5 Å². The van der Waals surface area contributed by atoms with Gasteiger partial charge in [0.15, 0.2) is 0 Å². The zero-order valence-electron chi connectivity index (χ0n) is 19.9. The minimum absolute atomic E-state index is 0.0775. The number of amides is 1. The van der Waals surface area contributed by atoms with Crippen molar-refractivity contribution >= 4 is 39.9 Å². The van der Waals surface area contributed by atoms with Crippen LogP contribution in [0, 0.1) is 19.8 Å². The molecule has 35 heavy (non-hydrogen) atoms. The molecule has 0 saturated carbocycles. The number of rotatable bonds is 4. The first-order valence-corrected chi connectivity index (χ1v) is 13.3. The molecule has 3 unspecified atom stereocenters. The first-order valence-electron chi connectivity index (χ1n) is 12.0. The Hall–Kier alpha value is -2.90. The molecule has 1 fully saturated rings. The van der Waals surface area contributed by atoms with Crippen LogP contribution in [0.2, 0.25) is 0 Å². The summed E-state index contributed by atoms with van der Waals surface area (Å²) in [5.41, 5.74) is 5.14. The maximum absolute atomic E-state index is 13.5. The van der Waals surface area contributed by atoms with E-state index in [0.717, 1.165) is 58.4 Å². The van der Waals surface area contributed by atoms with E-state index >= 15 is 0 Å². The summed E-state index contributed by atoms with van der Waals surface area (Å²) in [7, 11) is 0. The van der Waals surface area contributed by atoms with Crippen molar-refractivity contribution in [1.82, 2.24) is 9.47 Å². The molecule has 2 bridgehead atoms. The lowest BCUT2D eigenvalue weighted by atomic mass is 9.83. The van der Waals surface area contributed by atoms with Crippen molar-refractivity contribution < 1.29 is 4.79 Å². The van der Waals surface area contributed by atoms with Gasteiger partial charge in [-0.05, 0) is 55.0 Å². The van der Waals surface area contributed by atoms with Gasteiger partial charge < -0.3 is 14.8 Å². The molecule has 2 aliphatic rings. The summed E-state index contributed by atoms with van der Waals surface area (Å²) in [6.07, 6.45) is 1.07. The molecule has 1 saturated heterocycles. The van der Waals surface area contributed by atoms with Gasteiger partial charge in [0.05, 0.1) is 0 Å². The van der Waals surface area contributed by atoms with Gasteiger partial charge in [-0.3, -0.25) is 9.59 Å². The van der Waals surface area contributed by atoms with E-state index in [2.05, 4.69) is 16.3 Å². The summed E-state index contributed by atoms with van der Waals surface area (Å²) in [6.45, 7) is 6.37. The molecule has 2 aromatic carbocycles. The Bertz CT molecular complexity index is 1320. The highest BCUT2D eigenvalue weighted by atomic mass is 32.2. The Morgan fingerprint density at radius 2 is 1.77 bits per heavy atom. The zero-order valence-corrected chi connectivity index (χ0v) is 21.6. The molecule has 0 aliphatic carbocycles. The van der Waals surface area contributed by atoms with Gasteiger partial charge in [-0.2, -0.15) is 0 Å². The number of benzene rings is 2. The third kappa shape index (κ3) is 4.93. The Morgan fingerprint density at radius 1 is 1.00 bits per heavy atom. The topological polar surface area (TPSA) is 54.3 Å². The average Bonchev–Trinajstić information content (AvgIpc) is 2.86. The average molecular weight is 504 g/mol. The summed E-state index contributed by atoms with van der Waals surface area (Å²) in [6, 6.07) is 21.3. The molecule has 3 aromatic rings. The number of pyridine rings is 1. The highest BCUT2D eigenvalue weighted by Gasteiger charge is 2.36. The lowest BCUT2D eigenvalue weighted by Crippen LogP contribution is -2.48. The highest BCUT2D eigenvalue weighted by Crippen LogP contribution is 2.39. The van der Waals surface area contributed by atoms with Crippen molar-refractivity contribution in [3.8, 4) is 0 Å². The Morgan fingerprint density at radius 3 is 2.57 bits per heavy atom. The van der Waals surface area contributed by atoms with E-state index in [0.29, 0.717) is 5.92 Å². The van der Waals surface area contributed by atoms with Gasteiger partial charge in [0, 0.05) is 43.0 Å². The molecule has 3 heterocycles. The van der Waals surface area contributed by atoms with Crippen LogP contribution in [0.25, 0.3) is 0 Å². The fourth-order valence-electron chi connectivity index (χ4n) is 5.21. The van der Waals surface area contributed by atoms with Crippen LogP contribution in [0.5, 0.6) is 0 Å². The number of hydrogen-bond acceptors (Lipinski definition) is 4. The predicted molar refractivity (Wildman–Crippen MR) is 147 cm³/mol. The van der Waals surface area contributed by atoms with Gasteiger partial charge in [-0.15, -0.1) is 0 Å². The molecular formula is C28H29N3O2S2. The summed E-state index contributed by atoms with van der Waals surface area (Å²) in [4.78, 5) is 28.1. The molecular weight excluding hydrogens is 474 g/mol. The quantitative estimate of drug-likeness (QED) is 0.491. The van der Waals surface area contributed by atoms with Crippen molar-refractivity contribution in [2.45, 2.75) is 38.0 Å². The number of nitrogens with one attached hydrogen (secondary N) is 1. The summed E-state index contributed by atoms with van der Waals surface area (Å²) >= 11 is 7.36. The van der Waals surface area contributed by atoms with Crippen molar-refractivity contribution in [2.24, 2.45) is 5.92 Å². The van der Waals surface area contributed by atoms with Crippen LogP contribution in [0.15, 0.2) is 71.5 Å². The van der Waals surface area contributed by atoms with Crippen LogP contribution in [-0.2, 0) is 11.3 Å². The Labute approximate surface area is 215 Å². The van der Waals surface area contributed by atoms with E-state index in [1.807, 2.05) is 73.0 Å². The first kappa shape index (κ1) is 23.8. The van der Waals surface area contributed by atoms with E-state index in [1.165, 1.54) is 11.8 Å². The minimum Gasteiger partial charge on any atom is -0.356 e. The van der Waals surface area contributed by atoms with E-state index in [-0.39, 0.29) is 17.4 Å². The maximum Gasteiger partial charge on any atom is 0.250 e. The molecule has 1 N–H and O–H groups in total. The second kappa shape index (κ2) is 9.99. The molecule has 5 rings (SSSR count). The van der Waals surface area contributed by atoms with Gasteiger partial charge in [0.25, 0.3) is 5.56 Å². The normalized spacial score (nSPS) is 19.5. The predicted octanol–water partition coefficient (Wildman–Crippen LogP) is 5.28. The zero-order chi connectivity index (χ0) is 24.5. The number of carbonyl (C=O) groups excluding carboxylic acids is 1. The maximum atomic E-state index is 13.5. The molecule has 3 atom stereocenters. The van der Waals surface area contributed by atoms with Gasteiger partial charge in [-0.25, -0.2) is 0 Å². The van der Waals surface area contributed by atoms with E-state index in [4.69, 9.17) is 12.2 Å². The van der Waals surface area contributed by atoms with Crippen molar-refractivity contribution in [2.75, 3.05) is 18.4 Å². The number of thiocarbonyl (C=S) groups is 1. The molecule has 0 radical (unpaired) electrons. The monoisotopic (exact) mass is 503 g/mol. The highest BCUT2D eigenvalue weighted by molar-refractivity contribution is 8.23. The van der Waals surface area contributed by atoms with Crippen LogP contribution in [0.4, 0.5) is 5.69 Å². The number of thioether (sulfide) groups is 1. The number of anilines is 1. The standard InChI is InChI=1S/C28H29N3O2S2/c1-18-8-6-11-23(19(18)2)29-27(33)26(21-9-4-3-5-10-21)35-28(34)30-15-20-14-22(17-30)24-12-7-13-25(32)31(24)16-20/h3-13,20,22,26H,14-17H2,1-2H3,(H,29,33). The molecule has 1 aromatic heterocycles. The Kier molecular flexibility index (Phi) is 6.80. The van der Waals surface area contributed by atoms with Crippen molar-refractivity contribution in [3.63, 3.8) is 0 Å². The van der Waals surface area contributed by atoms with E-state index < -0.39 is 5.25 Å². The SMILES string of the molecule is Cc1cccc(NC(=O)C(SC(=S)N2CC3CC(C2)c2cccc(=O)n2C3)c2ccccc2)c1C. The number of hydrogen-bond donors (Lipinski definition) is 1. The molecule has 180 valence electrons. The first-order chi connectivity index (χ1) is 16.9. The molecule has 2 aliphatic heterocycles. The number of piperidine rings is 1. The fraction of sp³-hybridized carbons (Fsp3) is 0.321. The summed E-state index contributed by atoms with van der Waals surface area (Å²) in [5.74, 6) is 0.569. The van der Waals surface area contributed by atoms with Crippen LogP contribution in [0.3, 0.4) is 0 Å². The van der Waals surface area contributed by atoms with Gasteiger partial charge in [-0.1, -0.05) is 72.5 Å². The summed E-state index contributed by atoms with van der Waals surface area (Å²) in [5, 5.41) is 2.68. The van der Waals surface area contributed by atoms with E-state index in [9.17, 15) is 9.59 Å². The molecule has 0 spiro atoms.